The van der Waals surface area contributed by atoms with Crippen LogP contribution in [0.4, 0.5) is 17.1 Å². The summed E-state index contributed by atoms with van der Waals surface area (Å²) in [6.07, 6.45) is -0.0274. The maximum absolute atomic E-state index is 13.2. The minimum absolute atomic E-state index is 0.0274. The molecular weight excluding hydrogens is 408 g/mol. The van der Waals surface area contributed by atoms with Crippen LogP contribution in [0.5, 0.6) is 0 Å². The molecule has 0 aromatic heterocycles. The lowest BCUT2D eigenvalue weighted by Gasteiger charge is -2.16. The third kappa shape index (κ3) is 4.65. The van der Waals surface area contributed by atoms with Crippen LogP contribution >= 0.6 is 11.8 Å². The Kier molecular flexibility index (Phi) is 6.11. The van der Waals surface area contributed by atoms with Crippen LogP contribution in [-0.2, 0) is 9.59 Å². The zero-order valence-corrected chi connectivity index (χ0v) is 17.3. The van der Waals surface area contributed by atoms with Crippen molar-refractivity contribution in [2.24, 2.45) is 4.99 Å². The van der Waals surface area contributed by atoms with Gasteiger partial charge in [-0.1, -0.05) is 60.3 Å². The van der Waals surface area contributed by atoms with Crippen molar-refractivity contribution in [3.05, 3.63) is 90.5 Å². The van der Waals surface area contributed by atoms with Gasteiger partial charge < -0.3 is 5.32 Å². The van der Waals surface area contributed by atoms with Gasteiger partial charge in [-0.05, 0) is 36.4 Å². The topological polar surface area (TPSA) is 85.6 Å². The van der Waals surface area contributed by atoms with Crippen LogP contribution < -0.4 is 10.2 Å². The number of nitrogens with zero attached hydrogens (tertiary/aromatic N) is 3. The minimum Gasteiger partial charge on any atom is -0.325 e. The Morgan fingerprint density at radius 3 is 2.35 bits per heavy atom. The van der Waals surface area contributed by atoms with E-state index in [2.05, 4.69) is 16.4 Å². The second-order valence-electron chi connectivity index (χ2n) is 6.76. The van der Waals surface area contributed by atoms with Gasteiger partial charge in [0.25, 0.3) is 0 Å². The van der Waals surface area contributed by atoms with E-state index in [1.165, 1.54) is 11.8 Å². The van der Waals surface area contributed by atoms with E-state index in [4.69, 9.17) is 0 Å². The van der Waals surface area contributed by atoms with Gasteiger partial charge in [0, 0.05) is 6.42 Å². The van der Waals surface area contributed by atoms with Crippen LogP contribution in [0.25, 0.3) is 0 Å². The summed E-state index contributed by atoms with van der Waals surface area (Å²) in [4.78, 5) is 32.1. The van der Waals surface area contributed by atoms with Gasteiger partial charge in [-0.2, -0.15) is 5.26 Å². The van der Waals surface area contributed by atoms with Crippen molar-refractivity contribution in [3.8, 4) is 6.07 Å². The van der Waals surface area contributed by atoms with Gasteiger partial charge in [0.1, 0.15) is 11.3 Å². The predicted molar refractivity (Wildman–Crippen MR) is 123 cm³/mol. The highest BCUT2D eigenvalue weighted by molar-refractivity contribution is 8.16. The van der Waals surface area contributed by atoms with Crippen LogP contribution in [0.15, 0.2) is 89.9 Å². The van der Waals surface area contributed by atoms with Crippen molar-refractivity contribution < 1.29 is 9.59 Å². The molecule has 7 heteroatoms. The van der Waals surface area contributed by atoms with Crippen LogP contribution in [0, 0.1) is 11.3 Å². The zero-order valence-electron chi connectivity index (χ0n) is 16.4. The Morgan fingerprint density at radius 1 is 1.00 bits per heavy atom. The number of nitriles is 1. The molecule has 6 nitrogen and oxygen atoms in total. The summed E-state index contributed by atoms with van der Waals surface area (Å²) in [5.74, 6) is -0.530. The van der Waals surface area contributed by atoms with Crippen LogP contribution in [0.1, 0.15) is 12.0 Å². The van der Waals surface area contributed by atoms with E-state index < -0.39 is 5.25 Å². The number of aliphatic imine (C=N–C) groups is 1. The van der Waals surface area contributed by atoms with E-state index in [-0.39, 0.29) is 18.2 Å². The SMILES string of the molecule is N#Cc1ccccc1NC(=O)C[C@@H]1SC(=Nc2ccccc2)N(c2ccccc2)C1=O. The highest BCUT2D eigenvalue weighted by Crippen LogP contribution is 2.35. The smallest absolute Gasteiger partial charge is 0.247 e. The second-order valence-corrected chi connectivity index (χ2v) is 7.93. The lowest BCUT2D eigenvalue weighted by molar-refractivity contribution is -0.121. The number of amidine groups is 1. The molecule has 0 saturated carbocycles. The average Bonchev–Trinajstić information content (AvgIpc) is 3.09. The monoisotopic (exact) mass is 426 g/mol. The van der Waals surface area contributed by atoms with Crippen molar-refractivity contribution in [2.75, 3.05) is 10.2 Å². The van der Waals surface area contributed by atoms with Gasteiger partial charge in [-0.15, -0.1) is 0 Å². The zero-order chi connectivity index (χ0) is 21.6. The normalized spacial score (nSPS) is 16.9. The summed E-state index contributed by atoms with van der Waals surface area (Å²) in [6, 6.07) is 27.5. The minimum atomic E-state index is -0.614. The predicted octanol–water partition coefficient (Wildman–Crippen LogP) is 4.72. The largest absolute Gasteiger partial charge is 0.325 e. The second kappa shape index (κ2) is 9.28. The van der Waals surface area contributed by atoms with E-state index in [0.717, 1.165) is 5.69 Å². The molecule has 2 amide bonds. The van der Waals surface area contributed by atoms with Crippen molar-refractivity contribution in [2.45, 2.75) is 11.7 Å². The first-order valence-corrected chi connectivity index (χ1v) is 10.5. The van der Waals surface area contributed by atoms with Gasteiger partial charge in [0.2, 0.25) is 11.8 Å². The summed E-state index contributed by atoms with van der Waals surface area (Å²) in [7, 11) is 0. The fourth-order valence-corrected chi connectivity index (χ4v) is 4.32. The standard InChI is InChI=1S/C24H18N4O2S/c25-16-17-9-7-8-14-20(17)27-22(29)15-21-23(30)28(19-12-5-2-6-13-19)24(31-21)26-18-10-3-1-4-11-18/h1-14,21H,15H2,(H,27,29)/t21-/m0/s1. The number of para-hydroxylation sites is 3. The van der Waals surface area contributed by atoms with Gasteiger partial charge >= 0.3 is 0 Å². The third-order valence-electron chi connectivity index (χ3n) is 4.62. The molecule has 1 saturated heterocycles. The summed E-state index contributed by atoms with van der Waals surface area (Å²) >= 11 is 1.27. The Balaban J connectivity index is 1.58. The molecule has 31 heavy (non-hydrogen) atoms. The molecule has 1 atom stereocenters. The molecule has 1 heterocycles. The molecule has 4 rings (SSSR count). The number of rotatable bonds is 5. The molecule has 0 unspecified atom stereocenters. The molecule has 1 aliphatic heterocycles. The summed E-state index contributed by atoms with van der Waals surface area (Å²) in [5, 5.41) is 11.9. The Hall–Kier alpha value is -3.89. The summed E-state index contributed by atoms with van der Waals surface area (Å²) in [5.41, 5.74) is 2.24. The molecule has 0 radical (unpaired) electrons. The molecule has 1 N–H and O–H groups in total. The lowest BCUT2D eigenvalue weighted by Crippen LogP contribution is -2.33. The molecule has 0 spiro atoms. The molecular formula is C24H18N4O2S. The van der Waals surface area contributed by atoms with Crippen LogP contribution in [0.2, 0.25) is 0 Å². The fourth-order valence-electron chi connectivity index (χ4n) is 3.16. The Morgan fingerprint density at radius 2 is 1.65 bits per heavy atom. The molecule has 1 fully saturated rings. The number of amides is 2. The van der Waals surface area contributed by atoms with Crippen molar-refractivity contribution in [1.29, 1.82) is 5.26 Å². The van der Waals surface area contributed by atoms with Crippen LogP contribution in [0.3, 0.4) is 0 Å². The first-order chi connectivity index (χ1) is 15.2. The van der Waals surface area contributed by atoms with Crippen LogP contribution in [-0.4, -0.2) is 22.2 Å². The Bertz CT molecular complexity index is 1170. The highest BCUT2D eigenvalue weighted by atomic mass is 32.2. The van der Waals surface area contributed by atoms with Gasteiger partial charge in [0.15, 0.2) is 5.17 Å². The molecule has 152 valence electrons. The van der Waals surface area contributed by atoms with E-state index in [9.17, 15) is 14.9 Å². The van der Waals surface area contributed by atoms with Gasteiger partial charge in [-0.3, -0.25) is 14.5 Å². The molecule has 3 aromatic carbocycles. The molecule has 1 aliphatic rings. The quantitative estimate of drug-likeness (QED) is 0.639. The number of nitrogens with one attached hydrogen (secondary N) is 1. The van der Waals surface area contributed by atoms with E-state index >= 15 is 0 Å². The van der Waals surface area contributed by atoms with Crippen molar-refractivity contribution in [3.63, 3.8) is 0 Å². The number of anilines is 2. The van der Waals surface area contributed by atoms with Gasteiger partial charge in [-0.25, -0.2) is 4.99 Å². The number of thioether (sulfide) groups is 1. The fraction of sp³-hybridized carbons (Fsp3) is 0.0833. The lowest BCUT2D eigenvalue weighted by atomic mass is 10.2. The maximum atomic E-state index is 13.2. The first-order valence-electron chi connectivity index (χ1n) is 9.64. The number of benzene rings is 3. The number of hydrogen-bond donors (Lipinski definition) is 1. The summed E-state index contributed by atoms with van der Waals surface area (Å²) in [6.45, 7) is 0. The Labute approximate surface area is 184 Å². The summed E-state index contributed by atoms with van der Waals surface area (Å²) < 4.78 is 0. The number of carbonyl (C=O) groups is 2. The van der Waals surface area contributed by atoms with E-state index in [0.29, 0.717) is 22.1 Å². The maximum Gasteiger partial charge on any atom is 0.247 e. The average molecular weight is 427 g/mol. The third-order valence-corrected chi connectivity index (χ3v) is 5.76. The van der Waals surface area contributed by atoms with E-state index in [1.54, 1.807) is 29.2 Å². The van der Waals surface area contributed by atoms with Gasteiger partial charge in [0.05, 0.1) is 22.6 Å². The first kappa shape index (κ1) is 20.4. The molecule has 3 aromatic rings. The van der Waals surface area contributed by atoms with E-state index in [1.807, 2.05) is 60.7 Å². The molecule has 0 aliphatic carbocycles. The van der Waals surface area contributed by atoms with Crippen molar-refractivity contribution >= 4 is 45.8 Å². The molecule has 0 bridgehead atoms. The highest BCUT2D eigenvalue weighted by Gasteiger charge is 2.40. The van der Waals surface area contributed by atoms with Crippen molar-refractivity contribution in [1.82, 2.24) is 0 Å². The number of hydrogen-bond acceptors (Lipinski definition) is 5. The number of carbonyl (C=O) groups excluding carboxylic acids is 2.